The van der Waals surface area contributed by atoms with Crippen LogP contribution in [0.5, 0.6) is 0 Å². The van der Waals surface area contributed by atoms with Gasteiger partial charge in [-0.25, -0.2) is 0 Å². The number of nitrogens with one attached hydrogen (secondary N) is 1. The summed E-state index contributed by atoms with van der Waals surface area (Å²) in [4.78, 5) is 26.3. The van der Waals surface area contributed by atoms with Crippen molar-refractivity contribution in [3.05, 3.63) is 58.6 Å². The quantitative estimate of drug-likeness (QED) is 0.891. The predicted molar refractivity (Wildman–Crippen MR) is 94.4 cm³/mol. The first-order chi connectivity index (χ1) is 11.0. The standard InChI is InChI=1S/C18H17BrN2O2/c1-12-5-7-16(8-6-12)21-11-13(9-17(21)22)18(23)20-15-4-2-3-14(19)10-15/h2-8,10,13H,9,11H2,1H3,(H,20,23). The molecule has 118 valence electrons. The fourth-order valence-electron chi connectivity index (χ4n) is 2.67. The number of halogens is 1. The zero-order valence-electron chi connectivity index (χ0n) is 12.8. The third-order valence-electron chi connectivity index (χ3n) is 3.93. The third-order valence-corrected chi connectivity index (χ3v) is 4.43. The molecule has 1 heterocycles. The van der Waals surface area contributed by atoms with Gasteiger partial charge in [-0.2, -0.15) is 0 Å². The second-order valence-corrected chi connectivity index (χ2v) is 6.66. The summed E-state index contributed by atoms with van der Waals surface area (Å²) in [5.74, 6) is -0.461. The van der Waals surface area contributed by atoms with Crippen LogP contribution in [0.4, 0.5) is 11.4 Å². The fraction of sp³-hybridized carbons (Fsp3) is 0.222. The molecule has 1 aliphatic rings. The average molecular weight is 373 g/mol. The average Bonchev–Trinajstić information content (AvgIpc) is 2.90. The Morgan fingerprint density at radius 3 is 2.65 bits per heavy atom. The van der Waals surface area contributed by atoms with Crippen LogP contribution in [-0.4, -0.2) is 18.4 Å². The SMILES string of the molecule is Cc1ccc(N2CC(C(=O)Nc3cccc(Br)c3)CC2=O)cc1. The van der Waals surface area contributed by atoms with Crippen LogP contribution in [0.25, 0.3) is 0 Å². The lowest BCUT2D eigenvalue weighted by molar-refractivity contribution is -0.122. The Kier molecular flexibility index (Phi) is 4.48. The van der Waals surface area contributed by atoms with Crippen molar-refractivity contribution in [1.29, 1.82) is 0 Å². The zero-order valence-corrected chi connectivity index (χ0v) is 14.3. The molecule has 23 heavy (non-hydrogen) atoms. The molecule has 2 aromatic carbocycles. The first-order valence-electron chi connectivity index (χ1n) is 7.46. The number of nitrogens with zero attached hydrogens (tertiary/aromatic N) is 1. The highest BCUT2D eigenvalue weighted by molar-refractivity contribution is 9.10. The smallest absolute Gasteiger partial charge is 0.229 e. The first kappa shape index (κ1) is 15.7. The molecule has 5 heteroatoms. The molecule has 0 saturated carbocycles. The van der Waals surface area contributed by atoms with E-state index in [9.17, 15) is 9.59 Å². The van der Waals surface area contributed by atoms with E-state index in [1.807, 2.05) is 55.5 Å². The number of amides is 2. The number of benzene rings is 2. The lowest BCUT2D eigenvalue weighted by Crippen LogP contribution is -2.28. The second-order valence-electron chi connectivity index (χ2n) is 5.74. The Morgan fingerprint density at radius 1 is 1.22 bits per heavy atom. The Morgan fingerprint density at radius 2 is 1.96 bits per heavy atom. The van der Waals surface area contributed by atoms with Gasteiger partial charge in [-0.3, -0.25) is 9.59 Å². The molecular formula is C18H17BrN2O2. The Hall–Kier alpha value is -2.14. The first-order valence-corrected chi connectivity index (χ1v) is 8.26. The maximum absolute atomic E-state index is 12.4. The van der Waals surface area contributed by atoms with Crippen LogP contribution in [0.15, 0.2) is 53.0 Å². The highest BCUT2D eigenvalue weighted by Gasteiger charge is 2.35. The number of aryl methyl sites for hydroxylation is 1. The summed E-state index contributed by atoms with van der Waals surface area (Å²) in [5, 5.41) is 2.88. The van der Waals surface area contributed by atoms with Gasteiger partial charge in [0.1, 0.15) is 0 Å². The summed E-state index contributed by atoms with van der Waals surface area (Å²) in [6, 6.07) is 15.2. The van der Waals surface area contributed by atoms with Crippen LogP contribution in [0, 0.1) is 12.8 Å². The number of hydrogen-bond acceptors (Lipinski definition) is 2. The van der Waals surface area contributed by atoms with E-state index in [-0.39, 0.29) is 24.2 Å². The van der Waals surface area contributed by atoms with Gasteiger partial charge in [0.05, 0.1) is 5.92 Å². The van der Waals surface area contributed by atoms with Gasteiger partial charge >= 0.3 is 0 Å². The van der Waals surface area contributed by atoms with Gasteiger partial charge in [-0.15, -0.1) is 0 Å². The topological polar surface area (TPSA) is 49.4 Å². The normalized spacial score (nSPS) is 17.4. The number of hydrogen-bond donors (Lipinski definition) is 1. The maximum Gasteiger partial charge on any atom is 0.229 e. The van der Waals surface area contributed by atoms with E-state index in [1.165, 1.54) is 0 Å². The van der Waals surface area contributed by atoms with Crippen LogP contribution >= 0.6 is 15.9 Å². The summed E-state index contributed by atoms with van der Waals surface area (Å²) >= 11 is 3.38. The van der Waals surface area contributed by atoms with Crippen LogP contribution in [-0.2, 0) is 9.59 Å². The van der Waals surface area contributed by atoms with E-state index in [1.54, 1.807) is 4.90 Å². The van der Waals surface area contributed by atoms with Crippen LogP contribution in [0.2, 0.25) is 0 Å². The van der Waals surface area contributed by atoms with Crippen molar-refractivity contribution in [3.8, 4) is 0 Å². The number of anilines is 2. The molecule has 1 saturated heterocycles. The highest BCUT2D eigenvalue weighted by Crippen LogP contribution is 2.26. The molecule has 2 amide bonds. The van der Waals surface area contributed by atoms with Crippen molar-refractivity contribution >= 4 is 39.1 Å². The van der Waals surface area contributed by atoms with Crippen LogP contribution in [0.1, 0.15) is 12.0 Å². The van der Waals surface area contributed by atoms with Crippen molar-refractivity contribution < 1.29 is 9.59 Å². The van der Waals surface area contributed by atoms with Crippen molar-refractivity contribution in [2.24, 2.45) is 5.92 Å². The molecule has 0 spiro atoms. The van der Waals surface area contributed by atoms with Crippen molar-refractivity contribution in [3.63, 3.8) is 0 Å². The molecule has 2 aromatic rings. The molecular weight excluding hydrogens is 356 g/mol. The van der Waals surface area contributed by atoms with Gasteiger partial charge in [-0.1, -0.05) is 39.7 Å². The Labute approximate surface area is 143 Å². The molecule has 3 rings (SSSR count). The molecule has 1 unspecified atom stereocenters. The third kappa shape index (κ3) is 3.62. The summed E-state index contributed by atoms with van der Waals surface area (Å²) in [6.45, 7) is 2.42. The summed E-state index contributed by atoms with van der Waals surface area (Å²) in [5.41, 5.74) is 2.72. The van der Waals surface area contributed by atoms with Crippen molar-refractivity contribution in [1.82, 2.24) is 0 Å². The molecule has 4 nitrogen and oxygen atoms in total. The minimum absolute atomic E-state index is 0.0109. The molecule has 0 aromatic heterocycles. The monoisotopic (exact) mass is 372 g/mol. The van der Waals surface area contributed by atoms with Gasteiger partial charge in [0, 0.05) is 28.8 Å². The molecule has 0 aliphatic carbocycles. The van der Waals surface area contributed by atoms with Crippen molar-refractivity contribution in [2.75, 3.05) is 16.8 Å². The lowest BCUT2D eigenvalue weighted by atomic mass is 10.1. The van der Waals surface area contributed by atoms with Gasteiger partial charge in [-0.05, 0) is 37.3 Å². The zero-order chi connectivity index (χ0) is 16.4. The predicted octanol–water partition coefficient (Wildman–Crippen LogP) is 3.75. The van der Waals surface area contributed by atoms with Crippen LogP contribution in [0.3, 0.4) is 0 Å². The Balaban J connectivity index is 1.69. The summed E-state index contributed by atoms with van der Waals surface area (Å²) in [7, 11) is 0. The molecule has 1 aliphatic heterocycles. The van der Waals surface area contributed by atoms with Gasteiger partial charge in [0.25, 0.3) is 0 Å². The lowest BCUT2D eigenvalue weighted by Gasteiger charge is -2.17. The molecule has 0 radical (unpaired) electrons. The minimum atomic E-state index is -0.331. The highest BCUT2D eigenvalue weighted by atomic mass is 79.9. The minimum Gasteiger partial charge on any atom is -0.326 e. The van der Waals surface area contributed by atoms with E-state index < -0.39 is 0 Å². The molecule has 1 fully saturated rings. The fourth-order valence-corrected chi connectivity index (χ4v) is 3.07. The van der Waals surface area contributed by atoms with E-state index in [2.05, 4.69) is 21.2 Å². The molecule has 0 bridgehead atoms. The van der Waals surface area contributed by atoms with E-state index in [4.69, 9.17) is 0 Å². The van der Waals surface area contributed by atoms with E-state index >= 15 is 0 Å². The Bertz CT molecular complexity index is 743. The second kappa shape index (κ2) is 6.54. The number of carbonyl (C=O) groups excluding carboxylic acids is 2. The van der Waals surface area contributed by atoms with E-state index in [0.717, 1.165) is 21.4 Å². The van der Waals surface area contributed by atoms with Crippen LogP contribution < -0.4 is 10.2 Å². The van der Waals surface area contributed by atoms with Gasteiger partial charge < -0.3 is 10.2 Å². The van der Waals surface area contributed by atoms with Crippen molar-refractivity contribution in [2.45, 2.75) is 13.3 Å². The largest absolute Gasteiger partial charge is 0.326 e. The summed E-state index contributed by atoms with van der Waals surface area (Å²) in [6.07, 6.45) is 0.244. The number of carbonyl (C=O) groups is 2. The van der Waals surface area contributed by atoms with Gasteiger partial charge in [0.2, 0.25) is 11.8 Å². The number of rotatable bonds is 3. The maximum atomic E-state index is 12.4. The summed E-state index contributed by atoms with van der Waals surface area (Å²) < 4.78 is 0.902. The molecule has 1 N–H and O–H groups in total. The molecule has 1 atom stereocenters. The van der Waals surface area contributed by atoms with E-state index in [0.29, 0.717) is 6.54 Å². The van der Waals surface area contributed by atoms with Gasteiger partial charge in [0.15, 0.2) is 0 Å².